The van der Waals surface area contributed by atoms with Crippen LogP contribution in [-0.2, 0) is 26.2 Å². The number of hydrogen-bond acceptors (Lipinski definition) is 4. The Balaban J connectivity index is 2.23. The molecule has 2 amide bonds. The zero-order valence-electron chi connectivity index (χ0n) is 20.1. The molecule has 2 aromatic rings. The van der Waals surface area contributed by atoms with Crippen molar-refractivity contribution in [3.63, 3.8) is 0 Å². The fraction of sp³-hybridized carbons (Fsp3) is 0.417. The minimum atomic E-state index is -3.61. The van der Waals surface area contributed by atoms with E-state index in [1.54, 1.807) is 49.4 Å². The van der Waals surface area contributed by atoms with Gasteiger partial charge in [0, 0.05) is 46.2 Å². The van der Waals surface area contributed by atoms with Gasteiger partial charge >= 0.3 is 0 Å². The lowest BCUT2D eigenvalue weighted by molar-refractivity contribution is -0.140. The smallest absolute Gasteiger partial charge is 0.242 e. The summed E-state index contributed by atoms with van der Waals surface area (Å²) in [5, 5.41) is 3.99. The van der Waals surface area contributed by atoms with Crippen molar-refractivity contribution in [1.82, 2.24) is 10.2 Å². The minimum Gasteiger partial charge on any atom is -0.352 e. The fourth-order valence-corrected chi connectivity index (χ4v) is 5.14. The third-order valence-corrected chi connectivity index (χ3v) is 7.37. The van der Waals surface area contributed by atoms with Crippen LogP contribution in [-0.4, -0.2) is 50.0 Å². The second kappa shape index (κ2) is 12.8. The Morgan fingerprint density at radius 1 is 1.00 bits per heavy atom. The molecule has 0 radical (unpaired) electrons. The van der Waals surface area contributed by atoms with Crippen molar-refractivity contribution in [3.05, 3.63) is 63.1 Å². The van der Waals surface area contributed by atoms with Gasteiger partial charge in [0.25, 0.3) is 0 Å². The molecule has 0 heterocycles. The summed E-state index contributed by atoms with van der Waals surface area (Å²) < 4.78 is 26.0. The van der Waals surface area contributed by atoms with Gasteiger partial charge in [-0.15, -0.1) is 0 Å². The third kappa shape index (κ3) is 8.56. The Labute approximate surface area is 222 Å². The molecule has 11 heteroatoms. The van der Waals surface area contributed by atoms with Gasteiger partial charge in [-0.3, -0.25) is 13.9 Å². The highest BCUT2D eigenvalue weighted by Crippen LogP contribution is 2.27. The molecule has 0 saturated heterocycles. The van der Waals surface area contributed by atoms with Crippen LogP contribution in [0.2, 0.25) is 15.1 Å². The molecule has 2 aromatic carbocycles. The Hall–Kier alpha value is -2.00. The number of nitrogens with zero attached hydrogens (tertiary/aromatic N) is 2. The standard InChI is InChI=1S/C24H30Cl3N3O4S/c1-16(2)28-24(32)17(3)29(15-20-21(26)10-6-11-22(20)27)23(31)12-7-13-30(35(4,33)34)19-9-5-8-18(25)14-19/h5-6,8-11,14,16-17H,7,12-13,15H2,1-4H3,(H,28,32)/t17-/m1/s1. The summed E-state index contributed by atoms with van der Waals surface area (Å²) in [6.07, 6.45) is 1.33. The molecule has 0 bridgehead atoms. The molecule has 2 rings (SSSR count). The highest BCUT2D eigenvalue weighted by Gasteiger charge is 2.28. The van der Waals surface area contributed by atoms with E-state index in [9.17, 15) is 18.0 Å². The van der Waals surface area contributed by atoms with Crippen LogP contribution in [0, 0.1) is 0 Å². The van der Waals surface area contributed by atoms with E-state index >= 15 is 0 Å². The van der Waals surface area contributed by atoms with Crippen molar-refractivity contribution in [1.29, 1.82) is 0 Å². The van der Waals surface area contributed by atoms with Gasteiger partial charge in [-0.25, -0.2) is 8.42 Å². The van der Waals surface area contributed by atoms with Crippen molar-refractivity contribution >= 4 is 62.3 Å². The van der Waals surface area contributed by atoms with Gasteiger partial charge in [-0.2, -0.15) is 0 Å². The average Bonchev–Trinajstić information content (AvgIpc) is 2.74. The first kappa shape index (κ1) is 29.2. The van der Waals surface area contributed by atoms with Crippen molar-refractivity contribution < 1.29 is 18.0 Å². The summed E-state index contributed by atoms with van der Waals surface area (Å²) in [5.74, 6) is -0.639. The number of amides is 2. The van der Waals surface area contributed by atoms with Gasteiger partial charge in [0.2, 0.25) is 21.8 Å². The number of benzene rings is 2. The Morgan fingerprint density at radius 2 is 1.60 bits per heavy atom. The monoisotopic (exact) mass is 561 g/mol. The molecule has 1 N–H and O–H groups in total. The van der Waals surface area contributed by atoms with E-state index in [1.165, 1.54) is 9.21 Å². The summed E-state index contributed by atoms with van der Waals surface area (Å²) in [4.78, 5) is 27.4. The number of hydrogen-bond donors (Lipinski definition) is 1. The van der Waals surface area contributed by atoms with E-state index in [0.29, 0.717) is 26.3 Å². The molecule has 35 heavy (non-hydrogen) atoms. The van der Waals surface area contributed by atoms with Crippen molar-refractivity contribution in [3.8, 4) is 0 Å². The first-order chi connectivity index (χ1) is 16.3. The van der Waals surface area contributed by atoms with Crippen LogP contribution >= 0.6 is 34.8 Å². The van der Waals surface area contributed by atoms with Crippen LogP contribution in [0.15, 0.2) is 42.5 Å². The predicted molar refractivity (Wildman–Crippen MR) is 143 cm³/mol. The van der Waals surface area contributed by atoms with Crippen LogP contribution < -0.4 is 9.62 Å². The fourth-order valence-electron chi connectivity index (χ4n) is 3.48. The first-order valence-corrected chi connectivity index (χ1v) is 14.1. The summed E-state index contributed by atoms with van der Waals surface area (Å²) in [6, 6.07) is 10.6. The molecule has 0 saturated carbocycles. The predicted octanol–water partition coefficient (Wildman–Crippen LogP) is 5.13. The molecule has 1 atom stereocenters. The molecule has 7 nitrogen and oxygen atoms in total. The molecule has 0 aliphatic carbocycles. The normalized spacial score (nSPS) is 12.3. The lowest BCUT2D eigenvalue weighted by Gasteiger charge is -2.30. The van der Waals surface area contributed by atoms with E-state index < -0.39 is 16.1 Å². The number of sulfonamides is 1. The van der Waals surface area contributed by atoms with E-state index in [0.717, 1.165) is 6.26 Å². The van der Waals surface area contributed by atoms with Crippen LogP contribution in [0.3, 0.4) is 0 Å². The van der Waals surface area contributed by atoms with Gasteiger partial charge in [0.1, 0.15) is 6.04 Å². The number of carbonyl (C=O) groups excluding carboxylic acids is 2. The Morgan fingerprint density at radius 3 is 2.14 bits per heavy atom. The zero-order chi connectivity index (χ0) is 26.3. The molecule has 0 aliphatic heterocycles. The molecule has 192 valence electrons. The van der Waals surface area contributed by atoms with Crippen molar-refractivity contribution in [2.24, 2.45) is 0 Å². The van der Waals surface area contributed by atoms with E-state index in [1.807, 2.05) is 13.8 Å². The molecule has 0 aromatic heterocycles. The second-order valence-electron chi connectivity index (χ2n) is 8.48. The molecular weight excluding hydrogens is 533 g/mol. The zero-order valence-corrected chi connectivity index (χ0v) is 23.2. The Kier molecular flexibility index (Phi) is 10.7. The SMILES string of the molecule is CC(C)NC(=O)[C@@H](C)N(Cc1c(Cl)cccc1Cl)C(=O)CCCN(c1cccc(Cl)c1)S(C)(=O)=O. The van der Waals surface area contributed by atoms with Crippen LogP contribution in [0.4, 0.5) is 5.69 Å². The molecule has 0 spiro atoms. The van der Waals surface area contributed by atoms with Gasteiger partial charge < -0.3 is 10.2 Å². The topological polar surface area (TPSA) is 86.8 Å². The van der Waals surface area contributed by atoms with Crippen molar-refractivity contribution in [2.75, 3.05) is 17.1 Å². The van der Waals surface area contributed by atoms with Gasteiger partial charge in [-0.1, -0.05) is 46.9 Å². The largest absolute Gasteiger partial charge is 0.352 e. The average molecular weight is 563 g/mol. The summed E-state index contributed by atoms with van der Waals surface area (Å²) in [5.41, 5.74) is 0.946. The van der Waals surface area contributed by atoms with Gasteiger partial charge in [0.05, 0.1) is 11.9 Å². The second-order valence-corrected chi connectivity index (χ2v) is 11.6. The summed E-state index contributed by atoms with van der Waals surface area (Å²) >= 11 is 18.7. The molecule has 0 fully saturated rings. The van der Waals surface area contributed by atoms with Crippen LogP contribution in [0.1, 0.15) is 39.2 Å². The maximum Gasteiger partial charge on any atom is 0.242 e. The van der Waals surface area contributed by atoms with Crippen molar-refractivity contribution in [2.45, 2.75) is 52.2 Å². The maximum atomic E-state index is 13.3. The third-order valence-electron chi connectivity index (χ3n) is 5.24. The Bertz CT molecular complexity index is 1140. The number of rotatable bonds is 11. The first-order valence-electron chi connectivity index (χ1n) is 11.1. The summed E-state index contributed by atoms with van der Waals surface area (Å²) in [6.45, 7) is 5.40. The quantitative estimate of drug-likeness (QED) is 0.411. The number of anilines is 1. The van der Waals surface area contributed by atoms with E-state index in [4.69, 9.17) is 34.8 Å². The molecule has 0 unspecified atom stereocenters. The van der Waals surface area contributed by atoms with Gasteiger partial charge in [0.15, 0.2) is 0 Å². The minimum absolute atomic E-state index is 0.00789. The number of carbonyl (C=O) groups is 2. The summed E-state index contributed by atoms with van der Waals surface area (Å²) in [7, 11) is -3.61. The number of halogens is 3. The molecule has 0 aliphatic rings. The van der Waals surface area contributed by atoms with Gasteiger partial charge in [-0.05, 0) is 57.5 Å². The number of nitrogens with one attached hydrogen (secondary N) is 1. The lowest BCUT2D eigenvalue weighted by atomic mass is 10.1. The van der Waals surface area contributed by atoms with E-state index in [2.05, 4.69) is 5.32 Å². The lowest BCUT2D eigenvalue weighted by Crippen LogP contribution is -2.49. The van der Waals surface area contributed by atoms with Crippen LogP contribution in [0.5, 0.6) is 0 Å². The highest BCUT2D eigenvalue weighted by molar-refractivity contribution is 7.92. The van der Waals surface area contributed by atoms with E-state index in [-0.39, 0.29) is 43.8 Å². The molecular formula is C24H30Cl3N3O4S. The highest BCUT2D eigenvalue weighted by atomic mass is 35.5. The maximum absolute atomic E-state index is 13.3. The van der Waals surface area contributed by atoms with Crippen LogP contribution in [0.25, 0.3) is 0 Å².